The van der Waals surface area contributed by atoms with Gasteiger partial charge in [0.15, 0.2) is 0 Å². The van der Waals surface area contributed by atoms with Gasteiger partial charge in [-0.2, -0.15) is 0 Å². The van der Waals surface area contributed by atoms with Crippen LogP contribution in [0.1, 0.15) is 47.5 Å². The summed E-state index contributed by atoms with van der Waals surface area (Å²) in [6.45, 7) is 15.1. The summed E-state index contributed by atoms with van der Waals surface area (Å²) in [4.78, 5) is 0. The fourth-order valence-electron chi connectivity index (χ4n) is 1.63. The van der Waals surface area contributed by atoms with Gasteiger partial charge in [0, 0.05) is 0 Å². The van der Waals surface area contributed by atoms with Crippen molar-refractivity contribution in [2.24, 2.45) is 17.8 Å². The second kappa shape index (κ2) is 6.86. The third-order valence-corrected chi connectivity index (χ3v) is 3.27. The summed E-state index contributed by atoms with van der Waals surface area (Å²) < 4.78 is 0. The van der Waals surface area contributed by atoms with Crippen LogP contribution in [0.3, 0.4) is 0 Å². The Bertz CT molecular complexity index is 184. The molecule has 14 heavy (non-hydrogen) atoms. The lowest BCUT2D eigenvalue weighted by atomic mass is 9.82. The molecule has 0 saturated heterocycles. The first-order valence-corrected chi connectivity index (χ1v) is 5.75. The fraction of sp³-hybridized carbons (Fsp3) is 0.714. The van der Waals surface area contributed by atoms with Crippen molar-refractivity contribution < 1.29 is 0 Å². The van der Waals surface area contributed by atoms with Crippen LogP contribution in [0, 0.1) is 17.8 Å². The van der Waals surface area contributed by atoms with Crippen LogP contribution in [0.15, 0.2) is 24.3 Å². The average Bonchev–Trinajstić information content (AvgIpc) is 2.14. The fourth-order valence-corrected chi connectivity index (χ4v) is 1.63. The van der Waals surface area contributed by atoms with E-state index >= 15 is 0 Å². The quantitative estimate of drug-likeness (QED) is 0.531. The molecule has 0 heteroatoms. The van der Waals surface area contributed by atoms with Crippen LogP contribution in [0.4, 0.5) is 0 Å². The molecule has 0 heterocycles. The number of allylic oxidation sites excluding steroid dienone is 3. The monoisotopic (exact) mass is 194 g/mol. The molecule has 3 atom stereocenters. The van der Waals surface area contributed by atoms with E-state index in [1.54, 1.807) is 0 Å². The largest absolute Gasteiger partial charge is 0.103 e. The van der Waals surface area contributed by atoms with E-state index in [0.717, 1.165) is 11.8 Å². The summed E-state index contributed by atoms with van der Waals surface area (Å²) in [6.07, 6.45) is 6.92. The van der Waals surface area contributed by atoms with E-state index < -0.39 is 0 Å². The normalized spacial score (nSPS) is 16.9. The van der Waals surface area contributed by atoms with Crippen LogP contribution < -0.4 is 0 Å². The molecule has 0 nitrogen and oxygen atoms in total. The highest BCUT2D eigenvalue weighted by Crippen LogP contribution is 2.25. The Morgan fingerprint density at radius 3 is 2.21 bits per heavy atom. The Hall–Kier alpha value is -0.520. The minimum Gasteiger partial charge on any atom is -0.103 e. The molecule has 0 fully saturated rings. The first kappa shape index (κ1) is 13.5. The zero-order chi connectivity index (χ0) is 11.1. The number of hydrogen-bond acceptors (Lipinski definition) is 0. The summed E-state index contributed by atoms with van der Waals surface area (Å²) in [7, 11) is 0. The Morgan fingerprint density at radius 2 is 1.79 bits per heavy atom. The second-order valence-corrected chi connectivity index (χ2v) is 4.79. The van der Waals surface area contributed by atoms with Gasteiger partial charge in [0.2, 0.25) is 0 Å². The van der Waals surface area contributed by atoms with E-state index in [1.807, 2.05) is 0 Å². The van der Waals surface area contributed by atoms with Crippen molar-refractivity contribution in [1.82, 2.24) is 0 Å². The Labute approximate surface area is 90.1 Å². The Kier molecular flexibility index (Phi) is 6.61. The van der Waals surface area contributed by atoms with Crippen LogP contribution >= 0.6 is 0 Å². The highest BCUT2D eigenvalue weighted by molar-refractivity contribution is 4.93. The van der Waals surface area contributed by atoms with Crippen LogP contribution in [-0.2, 0) is 0 Å². The van der Waals surface area contributed by atoms with Crippen LogP contribution in [0.5, 0.6) is 0 Å². The smallest absolute Gasteiger partial charge is 0.0236 e. The van der Waals surface area contributed by atoms with Crippen molar-refractivity contribution >= 4 is 0 Å². The van der Waals surface area contributed by atoms with Crippen molar-refractivity contribution in [2.45, 2.75) is 47.5 Å². The van der Waals surface area contributed by atoms with Gasteiger partial charge in [0.25, 0.3) is 0 Å². The molecule has 0 aromatic heterocycles. The minimum absolute atomic E-state index is 0.636. The molecule has 0 bridgehead atoms. The summed E-state index contributed by atoms with van der Waals surface area (Å²) in [5.41, 5.74) is 1.43. The van der Waals surface area contributed by atoms with Gasteiger partial charge >= 0.3 is 0 Å². The molecule has 0 aliphatic heterocycles. The predicted octanol–water partition coefficient (Wildman–Crippen LogP) is 4.83. The van der Waals surface area contributed by atoms with Crippen LogP contribution in [-0.4, -0.2) is 0 Å². The van der Waals surface area contributed by atoms with Gasteiger partial charge in [-0.1, -0.05) is 38.5 Å². The third kappa shape index (κ3) is 5.26. The lowest BCUT2D eigenvalue weighted by molar-refractivity contribution is 0.305. The molecule has 0 aliphatic carbocycles. The molecule has 0 amide bonds. The molecule has 3 unspecified atom stereocenters. The van der Waals surface area contributed by atoms with Gasteiger partial charge in [-0.3, -0.25) is 0 Å². The number of hydrogen-bond donors (Lipinski definition) is 0. The van der Waals surface area contributed by atoms with E-state index in [2.05, 4.69) is 53.3 Å². The molecule has 0 N–H and O–H groups in total. The zero-order valence-electron chi connectivity index (χ0n) is 10.5. The van der Waals surface area contributed by atoms with Gasteiger partial charge < -0.3 is 0 Å². The van der Waals surface area contributed by atoms with E-state index in [-0.39, 0.29) is 0 Å². The third-order valence-electron chi connectivity index (χ3n) is 3.27. The van der Waals surface area contributed by atoms with Gasteiger partial charge in [-0.25, -0.2) is 0 Å². The van der Waals surface area contributed by atoms with Crippen LogP contribution in [0.25, 0.3) is 0 Å². The van der Waals surface area contributed by atoms with E-state index in [9.17, 15) is 0 Å². The molecular formula is C14H26. The minimum atomic E-state index is 0.636. The Balaban J connectivity index is 3.89. The first-order valence-electron chi connectivity index (χ1n) is 5.75. The standard InChI is InChI=1S/C14H26/c1-7-12(4)14(6)13(5)10-8-9-11(2)3/h7,9,12-14H,1,8,10H2,2-6H3. The van der Waals surface area contributed by atoms with Crippen molar-refractivity contribution in [3.63, 3.8) is 0 Å². The Morgan fingerprint density at radius 1 is 1.21 bits per heavy atom. The van der Waals surface area contributed by atoms with Gasteiger partial charge in [0.1, 0.15) is 0 Å². The molecule has 0 rings (SSSR count). The molecule has 0 aliphatic rings. The first-order chi connectivity index (χ1) is 6.49. The highest BCUT2D eigenvalue weighted by atomic mass is 14.2. The molecule has 82 valence electrons. The SMILES string of the molecule is C=CC(C)C(C)C(C)CCC=C(C)C. The lowest BCUT2D eigenvalue weighted by Gasteiger charge is -2.23. The van der Waals surface area contributed by atoms with E-state index in [1.165, 1.54) is 18.4 Å². The summed E-state index contributed by atoms with van der Waals surface area (Å²) in [6, 6.07) is 0. The molecule has 0 radical (unpaired) electrons. The maximum atomic E-state index is 3.86. The molecule has 0 spiro atoms. The van der Waals surface area contributed by atoms with Gasteiger partial charge in [0.05, 0.1) is 0 Å². The number of rotatable bonds is 6. The van der Waals surface area contributed by atoms with Gasteiger partial charge in [-0.05, 0) is 44.4 Å². The summed E-state index contributed by atoms with van der Waals surface area (Å²) in [5, 5.41) is 0. The maximum Gasteiger partial charge on any atom is -0.0236 e. The second-order valence-electron chi connectivity index (χ2n) is 4.79. The molecule has 0 aromatic carbocycles. The van der Waals surface area contributed by atoms with Crippen LogP contribution in [0.2, 0.25) is 0 Å². The van der Waals surface area contributed by atoms with Crippen molar-refractivity contribution in [3.05, 3.63) is 24.3 Å². The maximum absolute atomic E-state index is 3.86. The van der Waals surface area contributed by atoms with Crippen molar-refractivity contribution in [1.29, 1.82) is 0 Å². The van der Waals surface area contributed by atoms with Crippen molar-refractivity contribution in [2.75, 3.05) is 0 Å². The molecule has 0 aromatic rings. The topological polar surface area (TPSA) is 0 Å². The summed E-state index contributed by atoms with van der Waals surface area (Å²) in [5.74, 6) is 2.17. The summed E-state index contributed by atoms with van der Waals surface area (Å²) >= 11 is 0. The highest BCUT2D eigenvalue weighted by Gasteiger charge is 2.15. The lowest BCUT2D eigenvalue weighted by Crippen LogP contribution is -2.14. The average molecular weight is 194 g/mol. The molecule has 0 saturated carbocycles. The molecular weight excluding hydrogens is 168 g/mol. The zero-order valence-corrected chi connectivity index (χ0v) is 10.5. The van der Waals surface area contributed by atoms with E-state index in [0.29, 0.717) is 5.92 Å². The van der Waals surface area contributed by atoms with Gasteiger partial charge in [-0.15, -0.1) is 6.58 Å². The van der Waals surface area contributed by atoms with Crippen molar-refractivity contribution in [3.8, 4) is 0 Å². The predicted molar refractivity (Wildman–Crippen MR) is 66.4 cm³/mol. The van der Waals surface area contributed by atoms with E-state index in [4.69, 9.17) is 0 Å².